The van der Waals surface area contributed by atoms with Crippen molar-refractivity contribution in [1.82, 2.24) is 9.97 Å². The Morgan fingerprint density at radius 3 is 2.85 bits per heavy atom. The van der Waals surface area contributed by atoms with Gasteiger partial charge in [-0.25, -0.2) is 13.4 Å². The molecule has 1 aromatic carbocycles. The van der Waals surface area contributed by atoms with Crippen LogP contribution in [0.25, 0.3) is 0 Å². The summed E-state index contributed by atoms with van der Waals surface area (Å²) >= 11 is 0. The molecule has 2 aliphatic rings. The highest BCUT2D eigenvalue weighted by molar-refractivity contribution is 7.92. The monoisotopic (exact) mass is 472 g/mol. The van der Waals surface area contributed by atoms with E-state index in [9.17, 15) is 13.2 Å². The van der Waals surface area contributed by atoms with Gasteiger partial charge in [-0.15, -0.1) is 0 Å². The number of aromatic nitrogens is 2. The van der Waals surface area contributed by atoms with Gasteiger partial charge in [0.2, 0.25) is 16.0 Å². The van der Waals surface area contributed by atoms with Crippen LogP contribution in [0.5, 0.6) is 0 Å². The van der Waals surface area contributed by atoms with Crippen LogP contribution in [0.15, 0.2) is 30.5 Å². The van der Waals surface area contributed by atoms with Crippen LogP contribution < -0.4 is 20.3 Å². The van der Waals surface area contributed by atoms with Crippen molar-refractivity contribution in [2.45, 2.75) is 45.4 Å². The number of anilines is 4. The molecule has 3 heterocycles. The number of nitrogens with zero attached hydrogens (tertiary/aromatic N) is 3. The summed E-state index contributed by atoms with van der Waals surface area (Å²) in [4.78, 5) is 24.1. The predicted molar refractivity (Wildman–Crippen MR) is 131 cm³/mol. The van der Waals surface area contributed by atoms with Crippen LogP contribution >= 0.6 is 0 Å². The molecule has 1 saturated heterocycles. The summed E-state index contributed by atoms with van der Waals surface area (Å²) in [6.07, 6.45) is 8.33. The smallest absolute Gasteiger partial charge is 0.258 e. The summed E-state index contributed by atoms with van der Waals surface area (Å²) in [7, 11) is -3.42. The highest BCUT2D eigenvalue weighted by Crippen LogP contribution is 2.32. The minimum atomic E-state index is -3.42. The molecule has 0 radical (unpaired) electrons. The topological polar surface area (TPSA) is 116 Å². The van der Waals surface area contributed by atoms with Crippen molar-refractivity contribution in [2.24, 2.45) is 5.92 Å². The Morgan fingerprint density at radius 2 is 2.00 bits per heavy atom. The molecule has 1 amide bonds. The number of benzene rings is 1. The highest BCUT2D eigenvalue weighted by Gasteiger charge is 2.25. The molecule has 178 valence electrons. The molecule has 0 saturated carbocycles. The minimum absolute atomic E-state index is 0.0135. The second-order valence-corrected chi connectivity index (χ2v) is 10.7. The molecule has 3 N–H and O–H groups in total. The SMILES string of the molecule is CCS(=O)(=O)Nc1ccc2c(c1)N1CCC[C@H](CCCCCNc3nccc(n3)NC2=O)C1. The van der Waals surface area contributed by atoms with Crippen LogP contribution in [0.4, 0.5) is 23.1 Å². The molecule has 1 aromatic heterocycles. The number of hydrogen-bond acceptors (Lipinski definition) is 7. The molecular weight excluding hydrogens is 440 g/mol. The standard InChI is InChI=1S/C23H32N6O3S/c1-2-33(31,32)28-18-9-10-19-20(15-18)29-14-6-8-17(16-29)7-4-3-5-12-24-23-25-13-11-21(27-23)26-22(19)30/h9-11,13,15,17,28H,2-8,12,14,16H2,1H3,(H2,24,25,26,27,30)/t17-/m0/s1. The lowest BCUT2D eigenvalue weighted by molar-refractivity contribution is 0.102. The Balaban J connectivity index is 1.70. The van der Waals surface area contributed by atoms with E-state index in [0.29, 0.717) is 28.9 Å². The molecule has 0 aliphatic carbocycles. The van der Waals surface area contributed by atoms with Gasteiger partial charge in [0, 0.05) is 25.8 Å². The zero-order chi connectivity index (χ0) is 23.3. The third-order valence-corrected chi connectivity index (χ3v) is 7.53. The largest absolute Gasteiger partial charge is 0.371 e. The molecule has 33 heavy (non-hydrogen) atoms. The van der Waals surface area contributed by atoms with E-state index in [1.54, 1.807) is 37.4 Å². The lowest BCUT2D eigenvalue weighted by Crippen LogP contribution is -2.36. The van der Waals surface area contributed by atoms with Crippen molar-refractivity contribution in [2.75, 3.05) is 45.6 Å². The van der Waals surface area contributed by atoms with Gasteiger partial charge in [0.15, 0.2) is 0 Å². The Labute approximate surface area is 195 Å². The Hall–Kier alpha value is -2.88. The third kappa shape index (κ3) is 6.13. The average Bonchev–Trinajstić information content (AvgIpc) is 2.81. The van der Waals surface area contributed by atoms with E-state index in [2.05, 4.69) is 30.2 Å². The number of carbonyl (C=O) groups excluding carboxylic acids is 1. The number of hydrogen-bond donors (Lipinski definition) is 3. The van der Waals surface area contributed by atoms with Gasteiger partial charge < -0.3 is 15.5 Å². The van der Waals surface area contributed by atoms with E-state index >= 15 is 0 Å². The van der Waals surface area contributed by atoms with Crippen LogP contribution in [0.2, 0.25) is 0 Å². The Morgan fingerprint density at radius 1 is 1.15 bits per heavy atom. The van der Waals surface area contributed by atoms with Gasteiger partial charge >= 0.3 is 0 Å². The van der Waals surface area contributed by atoms with Crippen molar-refractivity contribution in [3.8, 4) is 0 Å². The predicted octanol–water partition coefficient (Wildman–Crippen LogP) is 3.69. The maximum absolute atomic E-state index is 13.3. The van der Waals surface area contributed by atoms with Crippen molar-refractivity contribution in [3.63, 3.8) is 0 Å². The normalized spacial score (nSPS) is 19.7. The molecule has 10 heteroatoms. The van der Waals surface area contributed by atoms with Gasteiger partial charge in [-0.3, -0.25) is 9.52 Å². The Bertz CT molecular complexity index is 1090. The maximum Gasteiger partial charge on any atom is 0.258 e. The second-order valence-electron chi connectivity index (χ2n) is 8.69. The number of sulfonamides is 1. The quantitative estimate of drug-likeness (QED) is 0.624. The summed E-state index contributed by atoms with van der Waals surface area (Å²) < 4.78 is 26.9. The van der Waals surface area contributed by atoms with E-state index in [1.165, 1.54) is 6.42 Å². The van der Waals surface area contributed by atoms with E-state index < -0.39 is 10.0 Å². The van der Waals surface area contributed by atoms with E-state index in [4.69, 9.17) is 0 Å². The molecule has 4 bridgehead atoms. The average molecular weight is 473 g/mol. The highest BCUT2D eigenvalue weighted by atomic mass is 32.2. The minimum Gasteiger partial charge on any atom is -0.371 e. The van der Waals surface area contributed by atoms with Gasteiger partial charge in [0.25, 0.3) is 5.91 Å². The zero-order valence-electron chi connectivity index (χ0n) is 19.0. The number of carbonyl (C=O) groups is 1. The second kappa shape index (κ2) is 10.4. The Kier molecular flexibility index (Phi) is 7.32. The van der Waals surface area contributed by atoms with E-state index in [0.717, 1.165) is 57.4 Å². The summed E-state index contributed by atoms with van der Waals surface area (Å²) in [5.74, 6) is 1.17. The fraction of sp³-hybridized carbons (Fsp3) is 0.522. The third-order valence-electron chi connectivity index (χ3n) is 6.22. The van der Waals surface area contributed by atoms with Crippen molar-refractivity contribution < 1.29 is 13.2 Å². The molecule has 1 fully saturated rings. The van der Waals surface area contributed by atoms with Crippen molar-refractivity contribution in [3.05, 3.63) is 36.0 Å². The van der Waals surface area contributed by atoms with Gasteiger partial charge in [-0.05, 0) is 62.8 Å². The van der Waals surface area contributed by atoms with Crippen molar-refractivity contribution in [1.29, 1.82) is 0 Å². The van der Waals surface area contributed by atoms with Crippen molar-refractivity contribution >= 4 is 39.1 Å². The first kappa shape index (κ1) is 23.3. The summed E-state index contributed by atoms with van der Waals surface area (Å²) in [6.45, 7) is 4.09. The van der Waals surface area contributed by atoms with E-state index in [1.807, 2.05) is 0 Å². The van der Waals surface area contributed by atoms with Crippen LogP contribution in [0.3, 0.4) is 0 Å². The number of nitrogens with one attached hydrogen (secondary N) is 3. The number of rotatable bonds is 3. The molecular formula is C23H32N6O3S. The number of fused-ring (bicyclic) bond motifs is 6. The molecule has 0 spiro atoms. The fourth-order valence-corrected chi connectivity index (χ4v) is 5.08. The first-order chi connectivity index (χ1) is 15.9. The van der Waals surface area contributed by atoms with Crippen LogP contribution in [0, 0.1) is 5.92 Å². The molecule has 0 unspecified atom stereocenters. The lowest BCUT2D eigenvalue weighted by atomic mass is 9.91. The van der Waals surface area contributed by atoms with Gasteiger partial charge in [0.05, 0.1) is 22.7 Å². The van der Waals surface area contributed by atoms with Gasteiger partial charge in [0.1, 0.15) is 5.82 Å². The molecule has 1 atom stereocenters. The summed E-state index contributed by atoms with van der Waals surface area (Å²) in [6, 6.07) is 6.76. The molecule has 4 rings (SSSR count). The first-order valence-electron chi connectivity index (χ1n) is 11.7. The van der Waals surface area contributed by atoms with Crippen LogP contribution in [-0.2, 0) is 10.0 Å². The molecule has 2 aromatic rings. The zero-order valence-corrected chi connectivity index (χ0v) is 19.8. The molecule has 9 nitrogen and oxygen atoms in total. The fourth-order valence-electron chi connectivity index (χ4n) is 4.45. The van der Waals surface area contributed by atoms with Gasteiger partial charge in [-0.1, -0.05) is 12.8 Å². The van der Waals surface area contributed by atoms with Gasteiger partial charge in [-0.2, -0.15) is 4.98 Å². The summed E-state index contributed by atoms with van der Waals surface area (Å²) in [5, 5.41) is 6.11. The number of piperidine rings is 1. The van der Waals surface area contributed by atoms with Crippen LogP contribution in [-0.4, -0.2) is 49.7 Å². The van der Waals surface area contributed by atoms with E-state index in [-0.39, 0.29) is 11.7 Å². The summed E-state index contributed by atoms with van der Waals surface area (Å²) in [5.41, 5.74) is 1.71. The number of amides is 1. The maximum atomic E-state index is 13.3. The first-order valence-corrected chi connectivity index (χ1v) is 13.4. The molecule has 2 aliphatic heterocycles. The van der Waals surface area contributed by atoms with Crippen LogP contribution in [0.1, 0.15) is 55.8 Å². The lowest BCUT2D eigenvalue weighted by Gasteiger charge is -2.36.